The molecule has 0 radical (unpaired) electrons. The fourth-order valence-corrected chi connectivity index (χ4v) is 2.28. The lowest BCUT2D eigenvalue weighted by atomic mass is 10.1. The van der Waals surface area contributed by atoms with Crippen molar-refractivity contribution in [3.63, 3.8) is 0 Å². The summed E-state index contributed by atoms with van der Waals surface area (Å²) in [5, 5.41) is 11.5. The second-order valence-corrected chi connectivity index (χ2v) is 4.39. The molecule has 0 fully saturated rings. The minimum atomic E-state index is -0.401. The van der Waals surface area contributed by atoms with Crippen LogP contribution in [0.15, 0.2) is 23.6 Å². The van der Waals surface area contributed by atoms with Crippen LogP contribution in [0.1, 0.15) is 5.01 Å². The predicted octanol–water partition coefficient (Wildman–Crippen LogP) is 2.49. The van der Waals surface area contributed by atoms with Crippen LogP contribution in [0.4, 0.5) is 4.39 Å². The molecule has 0 spiro atoms. The number of hydrogen-bond donors (Lipinski definition) is 1. The van der Waals surface area contributed by atoms with Gasteiger partial charge in [-0.25, -0.2) is 9.37 Å². The Hall–Kier alpha value is -1.46. The number of aliphatic hydroxyl groups excluding tert-OH is 1. The fraction of sp³-hybridized carbons (Fsp3) is 0.250. The van der Waals surface area contributed by atoms with Crippen molar-refractivity contribution in [2.75, 3.05) is 13.7 Å². The SMILES string of the molecule is COc1ccc(-c2csc(CCO)n2)cc1F. The summed E-state index contributed by atoms with van der Waals surface area (Å²) in [6, 6.07) is 4.74. The summed E-state index contributed by atoms with van der Waals surface area (Å²) in [5.74, 6) is -0.179. The molecular formula is C12H12FNO2S. The van der Waals surface area contributed by atoms with Gasteiger partial charge in [0.2, 0.25) is 0 Å². The number of thiazole rings is 1. The van der Waals surface area contributed by atoms with Gasteiger partial charge in [0, 0.05) is 24.0 Å². The van der Waals surface area contributed by atoms with Crippen molar-refractivity contribution in [1.82, 2.24) is 4.98 Å². The van der Waals surface area contributed by atoms with Crippen molar-refractivity contribution < 1.29 is 14.2 Å². The molecule has 0 aliphatic rings. The van der Waals surface area contributed by atoms with E-state index in [-0.39, 0.29) is 12.4 Å². The highest BCUT2D eigenvalue weighted by molar-refractivity contribution is 7.09. The molecule has 17 heavy (non-hydrogen) atoms. The Morgan fingerprint density at radius 2 is 2.29 bits per heavy atom. The maximum Gasteiger partial charge on any atom is 0.165 e. The summed E-state index contributed by atoms with van der Waals surface area (Å²) in [6.07, 6.45) is 0.531. The van der Waals surface area contributed by atoms with Crippen molar-refractivity contribution in [2.24, 2.45) is 0 Å². The van der Waals surface area contributed by atoms with Crippen molar-refractivity contribution in [3.05, 3.63) is 34.4 Å². The van der Waals surface area contributed by atoms with Gasteiger partial charge in [0.05, 0.1) is 17.8 Å². The van der Waals surface area contributed by atoms with Crippen LogP contribution < -0.4 is 4.74 Å². The molecule has 0 aliphatic carbocycles. The molecule has 0 bridgehead atoms. The van der Waals surface area contributed by atoms with Gasteiger partial charge in [-0.05, 0) is 18.2 Å². The molecule has 0 atom stereocenters. The number of aliphatic hydroxyl groups is 1. The minimum Gasteiger partial charge on any atom is -0.494 e. The molecule has 0 unspecified atom stereocenters. The third kappa shape index (κ3) is 2.62. The van der Waals surface area contributed by atoms with Gasteiger partial charge >= 0.3 is 0 Å². The summed E-state index contributed by atoms with van der Waals surface area (Å²) in [7, 11) is 1.43. The van der Waals surface area contributed by atoms with E-state index in [4.69, 9.17) is 9.84 Å². The van der Waals surface area contributed by atoms with Crippen molar-refractivity contribution in [2.45, 2.75) is 6.42 Å². The van der Waals surface area contributed by atoms with E-state index >= 15 is 0 Å². The highest BCUT2D eigenvalue weighted by Gasteiger charge is 2.08. The van der Waals surface area contributed by atoms with Gasteiger partial charge in [-0.2, -0.15) is 0 Å². The van der Waals surface area contributed by atoms with Crippen LogP contribution in [-0.4, -0.2) is 23.8 Å². The van der Waals surface area contributed by atoms with Gasteiger partial charge in [-0.1, -0.05) is 0 Å². The molecule has 3 nitrogen and oxygen atoms in total. The number of hydrogen-bond acceptors (Lipinski definition) is 4. The Labute approximate surface area is 103 Å². The molecule has 2 aromatic rings. The van der Waals surface area contributed by atoms with Gasteiger partial charge in [-0.3, -0.25) is 0 Å². The first-order chi connectivity index (χ1) is 8.24. The zero-order valence-electron chi connectivity index (χ0n) is 9.31. The molecular weight excluding hydrogens is 241 g/mol. The molecule has 1 heterocycles. The topological polar surface area (TPSA) is 42.4 Å². The molecule has 1 N–H and O–H groups in total. The number of benzene rings is 1. The third-order valence-corrected chi connectivity index (χ3v) is 3.23. The van der Waals surface area contributed by atoms with E-state index in [9.17, 15) is 4.39 Å². The Morgan fingerprint density at radius 1 is 1.47 bits per heavy atom. The van der Waals surface area contributed by atoms with Crippen LogP contribution in [0, 0.1) is 5.82 Å². The van der Waals surface area contributed by atoms with Gasteiger partial charge in [0.15, 0.2) is 11.6 Å². The molecule has 0 saturated heterocycles. The average Bonchev–Trinajstić information content (AvgIpc) is 2.78. The molecule has 5 heteroatoms. The van der Waals surface area contributed by atoms with E-state index in [2.05, 4.69) is 4.98 Å². The van der Waals surface area contributed by atoms with Gasteiger partial charge < -0.3 is 9.84 Å². The number of aromatic nitrogens is 1. The minimum absolute atomic E-state index is 0.0733. The predicted molar refractivity (Wildman–Crippen MR) is 64.8 cm³/mol. The first kappa shape index (κ1) is 12.0. The Balaban J connectivity index is 2.29. The zero-order valence-corrected chi connectivity index (χ0v) is 10.1. The van der Waals surface area contributed by atoms with Crippen LogP contribution in [0.25, 0.3) is 11.3 Å². The molecule has 0 saturated carbocycles. The second-order valence-electron chi connectivity index (χ2n) is 3.45. The summed E-state index contributed by atoms with van der Waals surface area (Å²) in [4.78, 5) is 4.32. The summed E-state index contributed by atoms with van der Waals surface area (Å²) in [5.41, 5.74) is 1.43. The number of rotatable bonds is 4. The van der Waals surface area contributed by atoms with Crippen molar-refractivity contribution in [1.29, 1.82) is 0 Å². The van der Waals surface area contributed by atoms with Gasteiger partial charge in [-0.15, -0.1) is 11.3 Å². The van der Waals surface area contributed by atoms with Crippen molar-refractivity contribution in [3.8, 4) is 17.0 Å². The molecule has 2 rings (SSSR count). The normalized spacial score (nSPS) is 10.5. The highest BCUT2D eigenvalue weighted by Crippen LogP contribution is 2.26. The first-order valence-corrected chi connectivity index (χ1v) is 6.01. The quantitative estimate of drug-likeness (QED) is 0.910. The van der Waals surface area contributed by atoms with Crippen LogP contribution in [-0.2, 0) is 6.42 Å². The number of ether oxygens (including phenoxy) is 1. The standard InChI is InChI=1S/C12H12FNO2S/c1-16-11-3-2-8(6-9(11)13)10-7-17-12(14-10)4-5-15/h2-3,6-7,15H,4-5H2,1H3. The van der Waals surface area contributed by atoms with Gasteiger partial charge in [0.25, 0.3) is 0 Å². The second kappa shape index (κ2) is 5.25. The van der Waals surface area contributed by atoms with Gasteiger partial charge in [0.1, 0.15) is 0 Å². The van der Waals surface area contributed by atoms with Crippen LogP contribution in [0.5, 0.6) is 5.75 Å². The molecule has 0 aliphatic heterocycles. The lowest BCUT2D eigenvalue weighted by molar-refractivity contribution is 0.299. The van der Waals surface area contributed by atoms with E-state index in [0.29, 0.717) is 12.0 Å². The summed E-state index contributed by atoms with van der Waals surface area (Å²) < 4.78 is 18.4. The smallest absolute Gasteiger partial charge is 0.165 e. The van der Waals surface area contributed by atoms with E-state index in [1.165, 1.54) is 24.5 Å². The summed E-state index contributed by atoms with van der Waals surface area (Å²) >= 11 is 1.46. The lowest BCUT2D eigenvalue weighted by Crippen LogP contribution is -1.90. The molecule has 90 valence electrons. The van der Waals surface area contributed by atoms with Crippen LogP contribution in [0.2, 0.25) is 0 Å². The molecule has 1 aromatic carbocycles. The van der Waals surface area contributed by atoms with E-state index in [0.717, 1.165) is 10.7 Å². The van der Waals surface area contributed by atoms with Crippen LogP contribution >= 0.6 is 11.3 Å². The Kier molecular flexibility index (Phi) is 3.71. The zero-order chi connectivity index (χ0) is 12.3. The first-order valence-electron chi connectivity index (χ1n) is 5.13. The largest absolute Gasteiger partial charge is 0.494 e. The van der Waals surface area contributed by atoms with Crippen molar-refractivity contribution >= 4 is 11.3 Å². The number of nitrogens with zero attached hydrogens (tertiary/aromatic N) is 1. The van der Waals surface area contributed by atoms with E-state index in [1.807, 2.05) is 5.38 Å². The number of halogens is 1. The Morgan fingerprint density at radius 3 is 2.94 bits per heavy atom. The van der Waals surface area contributed by atoms with E-state index in [1.54, 1.807) is 12.1 Å². The maximum atomic E-state index is 13.5. The molecule has 1 aromatic heterocycles. The maximum absolute atomic E-state index is 13.5. The lowest BCUT2D eigenvalue weighted by Gasteiger charge is -2.02. The summed E-state index contributed by atoms with van der Waals surface area (Å²) in [6.45, 7) is 0.0733. The third-order valence-electron chi connectivity index (χ3n) is 2.32. The van der Waals surface area contributed by atoms with E-state index < -0.39 is 5.82 Å². The Bertz CT molecular complexity index is 513. The monoisotopic (exact) mass is 253 g/mol. The number of methoxy groups -OCH3 is 1. The fourth-order valence-electron chi connectivity index (χ4n) is 1.48. The van der Waals surface area contributed by atoms with Crippen LogP contribution in [0.3, 0.4) is 0 Å². The molecule has 0 amide bonds. The average molecular weight is 253 g/mol. The highest BCUT2D eigenvalue weighted by atomic mass is 32.1.